The number of alkyl carbamates (subject to hydrolysis) is 1. The molecule has 0 saturated heterocycles. The van der Waals surface area contributed by atoms with Gasteiger partial charge in [-0.2, -0.15) is 0 Å². The molecular weight excluding hydrogens is 347 g/mol. The molecule has 0 spiro atoms. The average Bonchev–Trinajstić information content (AvgIpc) is 3.37. The van der Waals surface area contributed by atoms with Gasteiger partial charge in [-0.05, 0) is 76.6 Å². The molecule has 0 aromatic heterocycles. The number of benzene rings is 1. The van der Waals surface area contributed by atoms with Crippen molar-refractivity contribution >= 4 is 17.6 Å². The van der Waals surface area contributed by atoms with Crippen molar-refractivity contribution in [1.29, 1.82) is 0 Å². The molecule has 1 saturated carbocycles. The predicted molar refractivity (Wildman–Crippen MR) is 104 cm³/mol. The molecule has 1 aliphatic carbocycles. The average molecular weight is 376 g/mol. The first-order valence-electron chi connectivity index (χ1n) is 9.22. The Morgan fingerprint density at radius 3 is 2.30 bits per heavy atom. The number of halogens is 1. The van der Waals surface area contributed by atoms with Crippen LogP contribution in [0.5, 0.6) is 0 Å². The molecule has 1 aromatic carbocycles. The van der Waals surface area contributed by atoms with E-state index in [0.29, 0.717) is 12.5 Å². The van der Waals surface area contributed by atoms with Gasteiger partial charge in [0.25, 0.3) is 0 Å². The van der Waals surface area contributed by atoms with Gasteiger partial charge in [0, 0.05) is 12.6 Å². The molecule has 5 nitrogen and oxygen atoms in total. The van der Waals surface area contributed by atoms with Crippen molar-refractivity contribution in [3.05, 3.63) is 41.7 Å². The van der Waals surface area contributed by atoms with E-state index in [1.807, 2.05) is 6.92 Å². The number of allylic oxidation sites excluding steroid dienone is 1. The molecule has 1 fully saturated rings. The molecule has 0 aliphatic heterocycles. The maximum atomic E-state index is 13.0. The summed E-state index contributed by atoms with van der Waals surface area (Å²) in [5, 5.41) is 5.79. The fourth-order valence-electron chi connectivity index (χ4n) is 2.89. The summed E-state index contributed by atoms with van der Waals surface area (Å²) < 4.78 is 18.3. The van der Waals surface area contributed by atoms with Gasteiger partial charge in [0.15, 0.2) is 0 Å². The number of ether oxygens (including phenoxy) is 1. The largest absolute Gasteiger partial charge is 0.444 e. The van der Waals surface area contributed by atoms with Crippen LogP contribution in [0.2, 0.25) is 0 Å². The van der Waals surface area contributed by atoms with Crippen LogP contribution in [0.1, 0.15) is 53.0 Å². The van der Waals surface area contributed by atoms with Crippen LogP contribution in [0, 0.1) is 11.7 Å². The third kappa shape index (κ3) is 6.70. The highest BCUT2D eigenvalue weighted by atomic mass is 19.1. The SMILES string of the molecule is C/C(=C/C(=O)NC(C)(CNC(=O)OC(C)(C)C)C1CC1)c1ccc(F)cc1. The van der Waals surface area contributed by atoms with E-state index in [9.17, 15) is 14.0 Å². The molecule has 6 heteroatoms. The highest BCUT2D eigenvalue weighted by molar-refractivity contribution is 5.95. The number of nitrogens with one attached hydrogen (secondary N) is 2. The summed E-state index contributed by atoms with van der Waals surface area (Å²) in [6.07, 6.45) is 3.02. The second-order valence-electron chi connectivity index (χ2n) is 8.37. The van der Waals surface area contributed by atoms with E-state index in [2.05, 4.69) is 10.6 Å². The third-order valence-electron chi connectivity index (χ3n) is 4.53. The first kappa shape index (κ1) is 20.9. The van der Waals surface area contributed by atoms with Crippen molar-refractivity contribution in [2.24, 2.45) is 5.92 Å². The number of amides is 2. The third-order valence-corrected chi connectivity index (χ3v) is 4.53. The molecule has 0 radical (unpaired) electrons. The highest BCUT2D eigenvalue weighted by Crippen LogP contribution is 2.39. The summed E-state index contributed by atoms with van der Waals surface area (Å²) in [4.78, 5) is 24.4. The Morgan fingerprint density at radius 1 is 1.19 bits per heavy atom. The minimum Gasteiger partial charge on any atom is -0.444 e. The van der Waals surface area contributed by atoms with Crippen molar-refractivity contribution < 1.29 is 18.7 Å². The molecule has 1 aromatic rings. The van der Waals surface area contributed by atoms with E-state index in [1.54, 1.807) is 39.8 Å². The van der Waals surface area contributed by atoms with Crippen LogP contribution in [0.25, 0.3) is 5.57 Å². The summed E-state index contributed by atoms with van der Waals surface area (Å²) in [6.45, 7) is 9.44. The Hall–Kier alpha value is -2.37. The van der Waals surface area contributed by atoms with Gasteiger partial charge >= 0.3 is 6.09 Å². The van der Waals surface area contributed by atoms with Crippen LogP contribution < -0.4 is 10.6 Å². The minimum atomic E-state index is -0.571. The topological polar surface area (TPSA) is 67.4 Å². The van der Waals surface area contributed by atoms with Gasteiger partial charge in [-0.15, -0.1) is 0 Å². The van der Waals surface area contributed by atoms with Crippen LogP contribution in [-0.4, -0.2) is 29.7 Å². The van der Waals surface area contributed by atoms with Gasteiger partial charge in [0.05, 0.1) is 5.54 Å². The van der Waals surface area contributed by atoms with Crippen LogP contribution in [0.4, 0.5) is 9.18 Å². The zero-order valence-electron chi connectivity index (χ0n) is 16.7. The molecule has 1 unspecified atom stereocenters. The Bertz CT molecular complexity index is 718. The lowest BCUT2D eigenvalue weighted by molar-refractivity contribution is -0.118. The first-order chi connectivity index (χ1) is 12.5. The van der Waals surface area contributed by atoms with Crippen molar-refractivity contribution in [3.63, 3.8) is 0 Å². The van der Waals surface area contributed by atoms with E-state index in [-0.39, 0.29) is 11.7 Å². The van der Waals surface area contributed by atoms with E-state index < -0.39 is 17.2 Å². The molecule has 0 bridgehead atoms. The summed E-state index contributed by atoms with van der Waals surface area (Å²) in [5.74, 6) is -0.237. The molecule has 27 heavy (non-hydrogen) atoms. The van der Waals surface area contributed by atoms with Gasteiger partial charge in [0.1, 0.15) is 11.4 Å². The fraction of sp³-hybridized carbons (Fsp3) is 0.524. The Morgan fingerprint density at radius 2 is 1.78 bits per heavy atom. The molecule has 2 N–H and O–H groups in total. The van der Waals surface area contributed by atoms with Crippen LogP contribution in [0.15, 0.2) is 30.3 Å². The number of rotatable bonds is 6. The highest BCUT2D eigenvalue weighted by Gasteiger charge is 2.42. The summed E-state index contributed by atoms with van der Waals surface area (Å²) >= 11 is 0. The monoisotopic (exact) mass is 376 g/mol. The number of carbonyl (C=O) groups is 2. The van der Waals surface area contributed by atoms with Gasteiger partial charge in [-0.3, -0.25) is 4.79 Å². The summed E-state index contributed by atoms with van der Waals surface area (Å²) in [6, 6.07) is 6.00. The lowest BCUT2D eigenvalue weighted by atomic mass is 9.95. The smallest absolute Gasteiger partial charge is 0.407 e. The number of hydrogen-bond acceptors (Lipinski definition) is 3. The van der Waals surface area contributed by atoms with Gasteiger partial charge < -0.3 is 15.4 Å². The molecule has 2 rings (SSSR count). The second kappa shape index (κ2) is 8.11. The van der Waals surface area contributed by atoms with Crippen molar-refractivity contribution in [2.45, 2.75) is 58.6 Å². The van der Waals surface area contributed by atoms with Gasteiger partial charge in [0.2, 0.25) is 5.91 Å². The number of carbonyl (C=O) groups excluding carboxylic acids is 2. The molecule has 0 heterocycles. The Balaban J connectivity index is 1.99. The van der Waals surface area contributed by atoms with E-state index >= 15 is 0 Å². The van der Waals surface area contributed by atoms with E-state index in [0.717, 1.165) is 24.0 Å². The summed E-state index contributed by atoms with van der Waals surface area (Å²) in [7, 11) is 0. The van der Waals surface area contributed by atoms with E-state index in [1.165, 1.54) is 18.2 Å². The molecule has 1 atom stereocenters. The van der Waals surface area contributed by atoms with Gasteiger partial charge in [-0.1, -0.05) is 12.1 Å². The van der Waals surface area contributed by atoms with Crippen LogP contribution in [-0.2, 0) is 9.53 Å². The van der Waals surface area contributed by atoms with Crippen molar-refractivity contribution in [1.82, 2.24) is 10.6 Å². The van der Waals surface area contributed by atoms with Crippen molar-refractivity contribution in [2.75, 3.05) is 6.54 Å². The first-order valence-corrected chi connectivity index (χ1v) is 9.22. The van der Waals surface area contributed by atoms with Crippen LogP contribution >= 0.6 is 0 Å². The lowest BCUT2D eigenvalue weighted by Crippen LogP contribution is -2.55. The van der Waals surface area contributed by atoms with E-state index in [4.69, 9.17) is 4.74 Å². The quantitative estimate of drug-likeness (QED) is 0.737. The van der Waals surface area contributed by atoms with Crippen LogP contribution in [0.3, 0.4) is 0 Å². The molecule has 148 valence electrons. The Labute approximate surface area is 160 Å². The number of hydrogen-bond donors (Lipinski definition) is 2. The minimum absolute atomic E-state index is 0.239. The fourth-order valence-corrected chi connectivity index (χ4v) is 2.89. The molecule has 2 amide bonds. The van der Waals surface area contributed by atoms with Gasteiger partial charge in [-0.25, -0.2) is 9.18 Å². The molecule has 1 aliphatic rings. The lowest BCUT2D eigenvalue weighted by Gasteiger charge is -2.31. The Kier molecular flexibility index (Phi) is 6.29. The zero-order valence-corrected chi connectivity index (χ0v) is 16.7. The summed E-state index contributed by atoms with van der Waals surface area (Å²) in [5.41, 5.74) is 0.406. The standard InChI is InChI=1S/C21H29FN2O3/c1-14(15-6-10-17(22)11-7-15)12-18(25)24-21(5,16-8-9-16)13-23-19(26)27-20(2,3)4/h6-7,10-12,16H,8-9,13H2,1-5H3,(H,23,26)(H,24,25)/b14-12-. The normalized spacial score (nSPS) is 17.0. The maximum Gasteiger partial charge on any atom is 0.407 e. The second-order valence-corrected chi connectivity index (χ2v) is 8.37. The zero-order chi connectivity index (χ0) is 20.2. The maximum absolute atomic E-state index is 13.0. The molecular formula is C21H29FN2O3. The predicted octanol–water partition coefficient (Wildman–Crippen LogP) is 4.04. The van der Waals surface area contributed by atoms with Crippen molar-refractivity contribution in [3.8, 4) is 0 Å².